The summed E-state index contributed by atoms with van der Waals surface area (Å²) in [6.45, 7) is 6.95. The molecule has 0 atom stereocenters. The van der Waals surface area contributed by atoms with Crippen molar-refractivity contribution in [3.05, 3.63) is 30.1 Å². The summed E-state index contributed by atoms with van der Waals surface area (Å²) in [5, 5.41) is 2.54. The molecule has 7 heteroatoms. The van der Waals surface area contributed by atoms with E-state index in [-0.39, 0.29) is 17.8 Å². The molecule has 1 heterocycles. The van der Waals surface area contributed by atoms with Gasteiger partial charge in [-0.2, -0.15) is 0 Å². The lowest BCUT2D eigenvalue weighted by atomic mass is 10.2. The fourth-order valence-electron chi connectivity index (χ4n) is 2.18. The van der Waals surface area contributed by atoms with Gasteiger partial charge in [0.25, 0.3) is 0 Å². The SMILES string of the molecule is CC(C)(C)OC(=O)N1CCN(C(=O)Nc2ccccc2F)CC1. The van der Waals surface area contributed by atoms with Crippen molar-refractivity contribution in [3.63, 3.8) is 0 Å². The summed E-state index contributed by atoms with van der Waals surface area (Å²) in [6, 6.07) is 5.63. The summed E-state index contributed by atoms with van der Waals surface area (Å²) in [7, 11) is 0. The van der Waals surface area contributed by atoms with Gasteiger partial charge < -0.3 is 19.9 Å². The summed E-state index contributed by atoms with van der Waals surface area (Å²) in [5.41, 5.74) is -0.400. The van der Waals surface area contributed by atoms with Crippen LogP contribution in [0.25, 0.3) is 0 Å². The van der Waals surface area contributed by atoms with Gasteiger partial charge in [0.1, 0.15) is 11.4 Å². The number of nitrogens with one attached hydrogen (secondary N) is 1. The van der Waals surface area contributed by atoms with Gasteiger partial charge in [-0.05, 0) is 32.9 Å². The van der Waals surface area contributed by atoms with Crippen LogP contribution in [0.15, 0.2) is 24.3 Å². The minimum Gasteiger partial charge on any atom is -0.444 e. The zero-order valence-corrected chi connectivity index (χ0v) is 13.6. The number of hydrogen-bond acceptors (Lipinski definition) is 3. The fourth-order valence-corrected chi connectivity index (χ4v) is 2.18. The van der Waals surface area contributed by atoms with E-state index in [0.717, 1.165) is 0 Å². The number of carbonyl (C=O) groups is 2. The Morgan fingerprint density at radius 3 is 2.22 bits per heavy atom. The van der Waals surface area contributed by atoms with Crippen molar-refractivity contribution in [2.24, 2.45) is 0 Å². The summed E-state index contributed by atoms with van der Waals surface area (Å²) in [6.07, 6.45) is -0.383. The molecule has 1 aliphatic heterocycles. The van der Waals surface area contributed by atoms with Crippen LogP contribution >= 0.6 is 0 Å². The van der Waals surface area contributed by atoms with Crippen LogP contribution in [0.2, 0.25) is 0 Å². The summed E-state index contributed by atoms with van der Waals surface area (Å²) in [5.74, 6) is -0.478. The highest BCUT2D eigenvalue weighted by Gasteiger charge is 2.27. The minimum absolute atomic E-state index is 0.145. The zero-order valence-electron chi connectivity index (χ0n) is 13.6. The molecule has 0 bridgehead atoms. The van der Waals surface area contributed by atoms with Crippen LogP contribution < -0.4 is 5.32 Å². The third kappa shape index (κ3) is 4.84. The summed E-state index contributed by atoms with van der Waals surface area (Å²) < 4.78 is 18.8. The molecule has 6 nitrogen and oxygen atoms in total. The van der Waals surface area contributed by atoms with Gasteiger partial charge in [-0.1, -0.05) is 12.1 Å². The Morgan fingerprint density at radius 1 is 1.09 bits per heavy atom. The Bertz CT molecular complexity index is 578. The molecular formula is C16H22FN3O3. The lowest BCUT2D eigenvalue weighted by molar-refractivity contribution is 0.0174. The van der Waals surface area contributed by atoms with Crippen molar-refractivity contribution in [2.45, 2.75) is 26.4 Å². The fraction of sp³-hybridized carbons (Fsp3) is 0.500. The van der Waals surface area contributed by atoms with Crippen molar-refractivity contribution in [1.29, 1.82) is 0 Å². The maximum absolute atomic E-state index is 13.5. The highest BCUT2D eigenvalue weighted by molar-refractivity contribution is 5.89. The number of rotatable bonds is 1. The number of carbonyl (C=O) groups excluding carboxylic acids is 2. The number of nitrogens with zero attached hydrogens (tertiary/aromatic N) is 2. The van der Waals surface area contributed by atoms with Gasteiger partial charge >= 0.3 is 12.1 Å². The third-order valence-corrected chi connectivity index (χ3v) is 3.33. The largest absolute Gasteiger partial charge is 0.444 e. The quantitative estimate of drug-likeness (QED) is 0.864. The number of hydrogen-bond donors (Lipinski definition) is 1. The molecule has 2 rings (SSSR count). The first-order valence-electron chi connectivity index (χ1n) is 7.54. The first-order chi connectivity index (χ1) is 10.8. The van der Waals surface area contributed by atoms with Crippen LogP contribution in [0, 0.1) is 5.82 Å². The van der Waals surface area contributed by atoms with E-state index in [1.807, 2.05) is 20.8 Å². The van der Waals surface area contributed by atoms with Crippen molar-refractivity contribution in [1.82, 2.24) is 9.80 Å². The maximum Gasteiger partial charge on any atom is 0.410 e. The van der Waals surface area contributed by atoms with E-state index < -0.39 is 11.4 Å². The predicted molar refractivity (Wildman–Crippen MR) is 84.8 cm³/mol. The molecule has 3 amide bonds. The Labute approximate surface area is 135 Å². The van der Waals surface area contributed by atoms with Crippen molar-refractivity contribution in [3.8, 4) is 0 Å². The van der Waals surface area contributed by atoms with Gasteiger partial charge in [-0.3, -0.25) is 0 Å². The molecule has 0 spiro atoms. The van der Waals surface area contributed by atoms with E-state index in [0.29, 0.717) is 26.2 Å². The Kier molecular flexibility index (Phi) is 5.08. The Hall–Kier alpha value is -2.31. The van der Waals surface area contributed by atoms with Gasteiger partial charge in [-0.15, -0.1) is 0 Å². The second-order valence-electron chi connectivity index (χ2n) is 6.36. The van der Waals surface area contributed by atoms with E-state index in [4.69, 9.17) is 4.74 Å². The van der Waals surface area contributed by atoms with Crippen LogP contribution in [0.4, 0.5) is 19.7 Å². The average molecular weight is 323 g/mol. The van der Waals surface area contributed by atoms with Crippen LogP contribution in [-0.2, 0) is 4.74 Å². The molecule has 0 unspecified atom stereocenters. The molecule has 1 aromatic rings. The zero-order chi connectivity index (χ0) is 17.0. The molecule has 1 fully saturated rings. The Morgan fingerprint density at radius 2 is 1.65 bits per heavy atom. The molecule has 126 valence electrons. The van der Waals surface area contributed by atoms with Crippen molar-refractivity contribution >= 4 is 17.8 Å². The first-order valence-corrected chi connectivity index (χ1v) is 7.54. The predicted octanol–water partition coefficient (Wildman–Crippen LogP) is 2.91. The van der Waals surface area contributed by atoms with Gasteiger partial charge in [0.05, 0.1) is 5.69 Å². The standard InChI is InChI=1S/C16H22FN3O3/c1-16(2,3)23-15(22)20-10-8-19(9-11-20)14(21)18-13-7-5-4-6-12(13)17/h4-7H,8-11H2,1-3H3,(H,18,21). The Balaban J connectivity index is 1.85. The number of halogens is 1. The summed E-state index contributed by atoms with van der Waals surface area (Å²) in [4.78, 5) is 27.2. The van der Waals surface area contributed by atoms with Crippen LogP contribution in [0.1, 0.15) is 20.8 Å². The number of anilines is 1. The molecule has 1 aromatic carbocycles. The number of urea groups is 1. The highest BCUT2D eigenvalue weighted by atomic mass is 19.1. The minimum atomic E-state index is -0.545. The van der Waals surface area contributed by atoms with Gasteiger partial charge in [-0.25, -0.2) is 14.0 Å². The van der Waals surface area contributed by atoms with E-state index in [2.05, 4.69) is 5.32 Å². The molecule has 23 heavy (non-hydrogen) atoms. The molecule has 0 aliphatic carbocycles. The molecule has 0 saturated carbocycles. The smallest absolute Gasteiger partial charge is 0.410 e. The average Bonchev–Trinajstić information content (AvgIpc) is 2.48. The van der Waals surface area contributed by atoms with E-state index in [9.17, 15) is 14.0 Å². The van der Waals surface area contributed by atoms with Gasteiger partial charge in [0, 0.05) is 26.2 Å². The number of ether oxygens (including phenoxy) is 1. The monoisotopic (exact) mass is 323 g/mol. The molecule has 0 radical (unpaired) electrons. The second kappa shape index (κ2) is 6.85. The van der Waals surface area contributed by atoms with E-state index in [1.54, 1.807) is 21.9 Å². The van der Waals surface area contributed by atoms with Gasteiger partial charge in [0.2, 0.25) is 0 Å². The van der Waals surface area contributed by atoms with Crippen LogP contribution in [-0.4, -0.2) is 53.7 Å². The lowest BCUT2D eigenvalue weighted by Crippen LogP contribution is -2.52. The summed E-state index contributed by atoms with van der Waals surface area (Å²) >= 11 is 0. The molecule has 0 aromatic heterocycles. The number of benzene rings is 1. The molecular weight excluding hydrogens is 301 g/mol. The van der Waals surface area contributed by atoms with Gasteiger partial charge in [0.15, 0.2) is 0 Å². The lowest BCUT2D eigenvalue weighted by Gasteiger charge is -2.35. The first kappa shape index (κ1) is 17.1. The molecule has 1 saturated heterocycles. The molecule has 1 aliphatic rings. The normalized spacial score (nSPS) is 15.3. The van der Waals surface area contributed by atoms with Crippen LogP contribution in [0.3, 0.4) is 0 Å². The highest BCUT2D eigenvalue weighted by Crippen LogP contribution is 2.15. The van der Waals surface area contributed by atoms with Crippen molar-refractivity contribution < 1.29 is 18.7 Å². The molecule has 1 N–H and O–H groups in total. The second-order valence-corrected chi connectivity index (χ2v) is 6.36. The number of piperazine rings is 1. The van der Waals surface area contributed by atoms with Crippen molar-refractivity contribution in [2.75, 3.05) is 31.5 Å². The van der Waals surface area contributed by atoms with E-state index in [1.165, 1.54) is 12.1 Å². The van der Waals surface area contributed by atoms with E-state index >= 15 is 0 Å². The van der Waals surface area contributed by atoms with Crippen LogP contribution in [0.5, 0.6) is 0 Å². The third-order valence-electron chi connectivity index (χ3n) is 3.33. The topological polar surface area (TPSA) is 61.9 Å². The maximum atomic E-state index is 13.5. The number of para-hydroxylation sites is 1. The number of amides is 3.